The van der Waals surface area contributed by atoms with E-state index in [-0.39, 0.29) is 17.5 Å². The summed E-state index contributed by atoms with van der Waals surface area (Å²) in [6.07, 6.45) is 13.4. The number of anilines is 3. The summed E-state index contributed by atoms with van der Waals surface area (Å²) in [5.41, 5.74) is 11.9. The van der Waals surface area contributed by atoms with E-state index in [0.717, 1.165) is 101 Å². The number of hydroxylamine groups is 1. The Labute approximate surface area is 303 Å². The van der Waals surface area contributed by atoms with Gasteiger partial charge in [-0.3, -0.25) is 24.0 Å². The molecule has 1 aliphatic carbocycles. The highest BCUT2D eigenvalue weighted by Gasteiger charge is 2.23. The number of nitrogen functional groups attached to an aromatic ring is 1. The van der Waals surface area contributed by atoms with Crippen LogP contribution in [0.4, 0.5) is 17.3 Å². The molecule has 0 spiro atoms. The monoisotopic (exact) mass is 708 g/mol. The average Bonchev–Trinajstić information content (AvgIpc) is 3.78. The molecule has 13 heteroatoms. The van der Waals surface area contributed by atoms with Crippen molar-refractivity contribution in [3.63, 3.8) is 0 Å². The number of pyridine rings is 1. The molecule has 2 aromatic heterocycles. The summed E-state index contributed by atoms with van der Waals surface area (Å²) in [6, 6.07) is 16.0. The molecule has 0 bridgehead atoms. The number of benzene rings is 2. The second kappa shape index (κ2) is 17.3. The Balaban J connectivity index is 0.000000258. The van der Waals surface area contributed by atoms with E-state index >= 15 is 0 Å². The molecule has 2 aliphatic heterocycles. The molecule has 4 heterocycles. The van der Waals surface area contributed by atoms with Crippen molar-refractivity contribution in [3.05, 3.63) is 87.8 Å². The molecular formula is C39H48N8O5. The maximum absolute atomic E-state index is 13.1. The first kappa shape index (κ1) is 36.5. The smallest absolute Gasteiger partial charge is 0.280 e. The number of rotatable bonds is 11. The summed E-state index contributed by atoms with van der Waals surface area (Å²) < 4.78 is 1.95. The number of nitrogens with zero attached hydrogens (tertiary/aromatic N) is 5. The highest BCUT2D eigenvalue weighted by molar-refractivity contribution is 5.96. The third-order valence-electron chi connectivity index (χ3n) is 10.1. The van der Waals surface area contributed by atoms with E-state index in [1.165, 1.54) is 25.3 Å². The van der Waals surface area contributed by atoms with Crippen LogP contribution in [-0.4, -0.2) is 75.3 Å². The van der Waals surface area contributed by atoms with Gasteiger partial charge in [0.25, 0.3) is 5.91 Å². The molecule has 52 heavy (non-hydrogen) atoms. The molecule has 0 radical (unpaired) electrons. The highest BCUT2D eigenvalue weighted by atomic mass is 16.6. The fraction of sp³-hybridized carbons (Fsp3) is 0.436. The van der Waals surface area contributed by atoms with Crippen molar-refractivity contribution in [2.45, 2.75) is 76.7 Å². The molecule has 3 aliphatic rings. The Bertz CT molecular complexity index is 1920. The Morgan fingerprint density at radius 1 is 0.846 bits per heavy atom. The molecule has 4 aromatic rings. The van der Waals surface area contributed by atoms with Crippen LogP contribution in [0.3, 0.4) is 0 Å². The standard InChI is InChI=1S/C27H32N6O4.C12H16N2O/c1-37-31-26(36)22-17-33(20-6-3-2-4-7-20)25-21(24(22)35)16-28-27(30-25)29-19-11-9-18(10-12-19)13-15-32-14-5-8-23(32)34;13-11-5-3-10(4-6-11)7-9-14-8-1-2-12(14)15/h9-12,16-17,20H,2-8,13-15H2,1H3,(H,31,36)(H,28,29,30);3-6H,1-2,7-9,13H2. The third kappa shape index (κ3) is 9.13. The van der Waals surface area contributed by atoms with Gasteiger partial charge >= 0.3 is 0 Å². The van der Waals surface area contributed by atoms with Crippen molar-refractivity contribution < 1.29 is 19.2 Å². The lowest BCUT2D eigenvalue weighted by Crippen LogP contribution is -2.30. The minimum absolute atomic E-state index is 0.00968. The summed E-state index contributed by atoms with van der Waals surface area (Å²) in [4.78, 5) is 66.5. The zero-order valence-corrected chi connectivity index (χ0v) is 29.8. The van der Waals surface area contributed by atoms with E-state index in [9.17, 15) is 19.2 Å². The topological polar surface area (TPSA) is 165 Å². The number of nitrogens with one attached hydrogen (secondary N) is 2. The van der Waals surface area contributed by atoms with Crippen LogP contribution in [0, 0.1) is 0 Å². The van der Waals surface area contributed by atoms with Gasteiger partial charge in [0.15, 0.2) is 0 Å². The third-order valence-corrected chi connectivity index (χ3v) is 10.1. The Morgan fingerprint density at radius 2 is 1.44 bits per heavy atom. The maximum atomic E-state index is 13.1. The fourth-order valence-corrected chi connectivity index (χ4v) is 7.12. The predicted molar refractivity (Wildman–Crippen MR) is 200 cm³/mol. The van der Waals surface area contributed by atoms with Crippen LogP contribution in [0.1, 0.15) is 85.3 Å². The molecule has 13 nitrogen and oxygen atoms in total. The van der Waals surface area contributed by atoms with Crippen LogP contribution >= 0.6 is 0 Å². The van der Waals surface area contributed by atoms with Crippen molar-refractivity contribution in [2.75, 3.05) is 44.3 Å². The number of hydrogen-bond donors (Lipinski definition) is 3. The van der Waals surface area contributed by atoms with Crippen LogP contribution in [0.2, 0.25) is 0 Å². The lowest BCUT2D eigenvalue weighted by Gasteiger charge is -2.26. The molecule has 3 fully saturated rings. The van der Waals surface area contributed by atoms with E-state index in [4.69, 9.17) is 15.6 Å². The van der Waals surface area contributed by atoms with Crippen LogP contribution in [0.5, 0.6) is 0 Å². The number of fused-ring (bicyclic) bond motifs is 1. The van der Waals surface area contributed by atoms with Crippen LogP contribution in [0.25, 0.3) is 11.0 Å². The van der Waals surface area contributed by atoms with Gasteiger partial charge in [0.2, 0.25) is 23.2 Å². The molecule has 0 unspecified atom stereocenters. The van der Waals surface area contributed by atoms with E-state index in [0.29, 0.717) is 29.3 Å². The number of likely N-dealkylation sites (tertiary alicyclic amines) is 2. The summed E-state index contributed by atoms with van der Waals surface area (Å²) in [7, 11) is 1.33. The number of carbonyl (C=O) groups is 3. The maximum Gasteiger partial charge on any atom is 0.280 e. The van der Waals surface area contributed by atoms with Gasteiger partial charge < -0.3 is 25.4 Å². The predicted octanol–water partition coefficient (Wildman–Crippen LogP) is 4.93. The number of nitrogens with two attached hydrogens (primary N) is 1. The van der Waals surface area contributed by atoms with Gasteiger partial charge in [-0.2, -0.15) is 4.98 Å². The molecular weight excluding hydrogens is 660 g/mol. The fourth-order valence-electron chi connectivity index (χ4n) is 7.12. The molecule has 2 aromatic carbocycles. The second-order valence-corrected chi connectivity index (χ2v) is 13.7. The minimum atomic E-state index is -0.588. The summed E-state index contributed by atoms with van der Waals surface area (Å²) in [5, 5.41) is 3.53. The Hall–Kier alpha value is -5.30. The van der Waals surface area contributed by atoms with E-state index in [2.05, 4.69) is 15.8 Å². The summed E-state index contributed by atoms with van der Waals surface area (Å²) in [6.45, 7) is 3.35. The van der Waals surface area contributed by atoms with Gasteiger partial charge in [0.05, 0.1) is 12.5 Å². The largest absolute Gasteiger partial charge is 0.399 e. The zero-order chi connectivity index (χ0) is 36.5. The van der Waals surface area contributed by atoms with Crippen LogP contribution in [0.15, 0.2) is 65.7 Å². The summed E-state index contributed by atoms with van der Waals surface area (Å²) >= 11 is 0. The van der Waals surface area contributed by atoms with E-state index in [1.54, 1.807) is 6.20 Å². The van der Waals surface area contributed by atoms with Crippen LogP contribution in [-0.2, 0) is 27.3 Å². The molecule has 4 N–H and O–H groups in total. The molecule has 1 saturated carbocycles. The van der Waals surface area contributed by atoms with Crippen molar-refractivity contribution >= 4 is 46.1 Å². The second-order valence-electron chi connectivity index (χ2n) is 13.7. The number of hydrogen-bond acceptors (Lipinski definition) is 9. The lowest BCUT2D eigenvalue weighted by atomic mass is 9.95. The SMILES string of the molecule is CONC(=O)c1cn(C2CCCCC2)c2nc(Nc3ccc(CCN4CCCC4=O)cc3)ncc2c1=O.Nc1ccc(CCN2CCCC2=O)cc1. The van der Waals surface area contributed by atoms with Gasteiger partial charge in [-0.1, -0.05) is 43.5 Å². The van der Waals surface area contributed by atoms with Gasteiger partial charge in [-0.15, -0.1) is 0 Å². The molecule has 274 valence electrons. The lowest BCUT2D eigenvalue weighted by molar-refractivity contribution is -0.128. The average molecular weight is 709 g/mol. The number of aromatic nitrogens is 3. The van der Waals surface area contributed by atoms with Gasteiger partial charge in [-0.25, -0.2) is 10.5 Å². The Morgan fingerprint density at radius 3 is 2.00 bits per heavy atom. The van der Waals surface area contributed by atoms with Crippen molar-refractivity contribution in [1.82, 2.24) is 29.8 Å². The normalized spacial score (nSPS) is 16.2. The van der Waals surface area contributed by atoms with Gasteiger partial charge in [0.1, 0.15) is 11.2 Å². The molecule has 3 amide bonds. The van der Waals surface area contributed by atoms with Crippen LogP contribution < -0.4 is 22.0 Å². The molecule has 0 atom stereocenters. The van der Waals surface area contributed by atoms with Gasteiger partial charge in [0, 0.05) is 68.8 Å². The number of amides is 3. The van der Waals surface area contributed by atoms with Gasteiger partial charge in [-0.05, 0) is 73.9 Å². The minimum Gasteiger partial charge on any atom is -0.399 e. The molecule has 2 saturated heterocycles. The zero-order valence-electron chi connectivity index (χ0n) is 29.8. The first-order valence-electron chi connectivity index (χ1n) is 18.3. The summed E-state index contributed by atoms with van der Waals surface area (Å²) in [5.74, 6) is 0.326. The first-order valence-corrected chi connectivity index (χ1v) is 18.3. The molecule has 7 rings (SSSR count). The van der Waals surface area contributed by atoms with E-state index in [1.807, 2.05) is 62.9 Å². The number of carbonyl (C=O) groups excluding carboxylic acids is 3. The van der Waals surface area contributed by atoms with Crippen molar-refractivity contribution in [1.29, 1.82) is 0 Å². The Kier molecular flexibility index (Phi) is 12.1. The quantitative estimate of drug-likeness (QED) is 0.145. The highest BCUT2D eigenvalue weighted by Crippen LogP contribution is 2.30. The van der Waals surface area contributed by atoms with Crippen molar-refractivity contribution in [2.24, 2.45) is 0 Å². The first-order chi connectivity index (χ1) is 25.3. The van der Waals surface area contributed by atoms with Crippen molar-refractivity contribution in [3.8, 4) is 0 Å². The van der Waals surface area contributed by atoms with E-state index < -0.39 is 11.3 Å².